The molecule has 2 fully saturated rings. The molecule has 4 rings (SSSR count). The minimum Gasteiger partial charge on any atom is -0.381 e. The van der Waals surface area contributed by atoms with Gasteiger partial charge in [-0.1, -0.05) is 5.21 Å². The number of fused-ring (bicyclic) bond motifs is 1. The van der Waals surface area contributed by atoms with E-state index in [-0.39, 0.29) is 24.3 Å². The molecule has 2 amide bonds. The third-order valence-corrected chi connectivity index (χ3v) is 6.22. The number of hydrogen-bond donors (Lipinski definition) is 1. The maximum absolute atomic E-state index is 12.4. The molecule has 3 aliphatic heterocycles. The van der Waals surface area contributed by atoms with Gasteiger partial charge in [0.15, 0.2) is 0 Å². The smallest absolute Gasteiger partial charge is 0.248 e. The lowest BCUT2D eigenvalue weighted by Gasteiger charge is -2.44. The molecular weight excluding hydrogens is 390 g/mol. The Morgan fingerprint density at radius 2 is 2.13 bits per heavy atom. The Kier molecular flexibility index (Phi) is 6.64. The molecule has 0 aromatic carbocycles. The van der Waals surface area contributed by atoms with Crippen LogP contribution < -0.4 is 5.32 Å². The molecule has 0 bridgehead atoms. The third-order valence-electron chi connectivity index (χ3n) is 6.22. The van der Waals surface area contributed by atoms with Crippen molar-refractivity contribution in [1.82, 2.24) is 25.2 Å². The van der Waals surface area contributed by atoms with Crippen molar-refractivity contribution in [2.24, 2.45) is 5.92 Å². The quantitative estimate of drug-likeness (QED) is 0.701. The summed E-state index contributed by atoms with van der Waals surface area (Å²) in [6.07, 6.45) is 3.28. The van der Waals surface area contributed by atoms with E-state index in [2.05, 4.69) is 15.6 Å². The van der Waals surface area contributed by atoms with E-state index in [0.29, 0.717) is 46.1 Å². The number of piperidine rings is 1. The van der Waals surface area contributed by atoms with Crippen LogP contribution in [0.15, 0.2) is 0 Å². The Bertz CT molecular complexity index is 763. The number of rotatable bonds is 6. The van der Waals surface area contributed by atoms with E-state index in [1.54, 1.807) is 0 Å². The molecule has 0 radical (unpaired) electrons. The van der Waals surface area contributed by atoms with Crippen LogP contribution in [0, 0.1) is 5.92 Å². The molecule has 10 heteroatoms. The highest BCUT2D eigenvalue weighted by Crippen LogP contribution is 2.32. The summed E-state index contributed by atoms with van der Waals surface area (Å²) in [6, 6.07) is 0. The van der Waals surface area contributed by atoms with Crippen molar-refractivity contribution >= 4 is 11.8 Å². The topological polar surface area (TPSA) is 108 Å². The maximum Gasteiger partial charge on any atom is 0.248 e. The fourth-order valence-corrected chi connectivity index (χ4v) is 4.44. The number of nitrogens with one attached hydrogen (secondary N) is 1. The van der Waals surface area contributed by atoms with E-state index in [0.717, 1.165) is 43.6 Å². The second-order valence-electron chi connectivity index (χ2n) is 8.27. The van der Waals surface area contributed by atoms with Crippen molar-refractivity contribution < 1.29 is 23.8 Å². The molecule has 1 aromatic heterocycles. The Morgan fingerprint density at radius 3 is 2.93 bits per heavy atom. The zero-order valence-electron chi connectivity index (χ0n) is 17.6. The number of carbonyl (C=O) groups excluding carboxylic acids is 2. The highest BCUT2D eigenvalue weighted by molar-refractivity contribution is 5.78. The molecule has 10 nitrogen and oxygen atoms in total. The summed E-state index contributed by atoms with van der Waals surface area (Å²) in [5, 5.41) is 11.6. The average Bonchev–Trinajstić information content (AvgIpc) is 3.18. The van der Waals surface area contributed by atoms with E-state index in [1.165, 1.54) is 0 Å². The van der Waals surface area contributed by atoms with Gasteiger partial charge < -0.3 is 24.4 Å². The molecule has 1 atom stereocenters. The minimum atomic E-state index is -0.441. The average molecular weight is 421 g/mol. The third kappa shape index (κ3) is 4.65. The standard InChI is InChI=1S/C20H31N5O5/c1-2-28-12-18(26)24-7-3-6-20(13-24)14-25-17(11-30-20)16(22-23-25)10-21-19(27)15-4-8-29-9-5-15/h15H,2-14H2,1H3,(H,21,27). The van der Waals surface area contributed by atoms with Gasteiger partial charge in [0.1, 0.15) is 17.9 Å². The van der Waals surface area contributed by atoms with Crippen LogP contribution in [-0.2, 0) is 43.5 Å². The first kappa shape index (κ1) is 21.2. The van der Waals surface area contributed by atoms with Gasteiger partial charge in [-0.15, -0.1) is 5.10 Å². The van der Waals surface area contributed by atoms with Gasteiger partial charge in [0.25, 0.3) is 0 Å². The van der Waals surface area contributed by atoms with E-state index in [1.807, 2.05) is 16.5 Å². The molecule has 0 saturated carbocycles. The van der Waals surface area contributed by atoms with Crippen molar-refractivity contribution in [1.29, 1.82) is 0 Å². The number of ether oxygens (including phenoxy) is 3. The second kappa shape index (κ2) is 9.40. The summed E-state index contributed by atoms with van der Waals surface area (Å²) < 4.78 is 18.7. The van der Waals surface area contributed by atoms with Crippen molar-refractivity contribution in [3.8, 4) is 0 Å². The largest absolute Gasteiger partial charge is 0.381 e. The fraction of sp³-hybridized carbons (Fsp3) is 0.800. The molecule has 1 spiro atoms. The van der Waals surface area contributed by atoms with Crippen LogP contribution >= 0.6 is 0 Å². The Balaban J connectivity index is 1.35. The molecular formula is C20H31N5O5. The van der Waals surface area contributed by atoms with Gasteiger partial charge in [0.05, 0.1) is 31.9 Å². The maximum atomic E-state index is 12.4. The molecule has 1 aromatic rings. The van der Waals surface area contributed by atoms with Gasteiger partial charge in [0.2, 0.25) is 11.8 Å². The number of amides is 2. The highest BCUT2D eigenvalue weighted by Gasteiger charge is 2.42. The highest BCUT2D eigenvalue weighted by atomic mass is 16.5. The first-order valence-electron chi connectivity index (χ1n) is 10.9. The van der Waals surface area contributed by atoms with Crippen molar-refractivity contribution in [2.75, 3.05) is 39.5 Å². The predicted molar refractivity (Wildman–Crippen MR) is 105 cm³/mol. The zero-order chi connectivity index (χ0) is 21.0. The summed E-state index contributed by atoms with van der Waals surface area (Å²) >= 11 is 0. The van der Waals surface area contributed by atoms with E-state index < -0.39 is 5.60 Å². The molecule has 3 aliphatic rings. The van der Waals surface area contributed by atoms with Crippen LogP contribution in [0.25, 0.3) is 0 Å². The summed E-state index contributed by atoms with van der Waals surface area (Å²) in [7, 11) is 0. The van der Waals surface area contributed by atoms with E-state index in [9.17, 15) is 9.59 Å². The summed E-state index contributed by atoms with van der Waals surface area (Å²) in [6.45, 7) is 6.34. The lowest BCUT2D eigenvalue weighted by molar-refractivity contribution is -0.156. The van der Waals surface area contributed by atoms with Crippen LogP contribution in [0.3, 0.4) is 0 Å². The Labute approximate surface area is 176 Å². The summed E-state index contributed by atoms with van der Waals surface area (Å²) in [5.74, 6) is 0.0523. The summed E-state index contributed by atoms with van der Waals surface area (Å²) in [5.41, 5.74) is 1.19. The number of hydrogen-bond acceptors (Lipinski definition) is 7. The van der Waals surface area contributed by atoms with Crippen LogP contribution in [-0.4, -0.2) is 76.8 Å². The second-order valence-corrected chi connectivity index (χ2v) is 8.27. The van der Waals surface area contributed by atoms with Crippen LogP contribution in [0.2, 0.25) is 0 Å². The first-order valence-corrected chi connectivity index (χ1v) is 10.9. The van der Waals surface area contributed by atoms with Crippen molar-refractivity contribution in [3.63, 3.8) is 0 Å². The zero-order valence-corrected chi connectivity index (χ0v) is 17.6. The molecule has 2 saturated heterocycles. The van der Waals surface area contributed by atoms with E-state index in [4.69, 9.17) is 14.2 Å². The predicted octanol–water partition coefficient (Wildman–Crippen LogP) is 0.249. The van der Waals surface area contributed by atoms with Gasteiger partial charge in [-0.05, 0) is 32.6 Å². The minimum absolute atomic E-state index is 0.000395. The molecule has 1 N–H and O–H groups in total. The van der Waals surface area contributed by atoms with Gasteiger partial charge in [-0.2, -0.15) is 0 Å². The molecule has 1 unspecified atom stereocenters. The first-order chi connectivity index (χ1) is 14.6. The molecule has 30 heavy (non-hydrogen) atoms. The molecule has 4 heterocycles. The van der Waals surface area contributed by atoms with E-state index >= 15 is 0 Å². The number of likely N-dealkylation sites (tertiary alicyclic amines) is 1. The van der Waals surface area contributed by atoms with Gasteiger partial charge in [-0.25, -0.2) is 4.68 Å². The van der Waals surface area contributed by atoms with Gasteiger partial charge in [-0.3, -0.25) is 9.59 Å². The normalized spacial score (nSPS) is 24.6. The van der Waals surface area contributed by atoms with Gasteiger partial charge >= 0.3 is 0 Å². The lowest BCUT2D eigenvalue weighted by atomic mass is 9.91. The van der Waals surface area contributed by atoms with Crippen molar-refractivity contribution in [2.45, 2.75) is 57.9 Å². The Morgan fingerprint density at radius 1 is 1.30 bits per heavy atom. The van der Waals surface area contributed by atoms with Crippen molar-refractivity contribution in [3.05, 3.63) is 11.4 Å². The monoisotopic (exact) mass is 421 g/mol. The van der Waals surface area contributed by atoms with Crippen LogP contribution in [0.5, 0.6) is 0 Å². The molecule has 0 aliphatic carbocycles. The lowest BCUT2D eigenvalue weighted by Crippen LogP contribution is -2.56. The number of carbonyl (C=O) groups is 2. The number of nitrogens with zero attached hydrogens (tertiary/aromatic N) is 4. The summed E-state index contributed by atoms with van der Waals surface area (Å²) in [4.78, 5) is 26.6. The SMILES string of the molecule is CCOCC(=O)N1CCCC2(C1)Cn1nnc(CNC(=O)C3CCOCC3)c1CO2. The Hall–Kier alpha value is -2.04. The number of aromatic nitrogens is 3. The van der Waals surface area contributed by atoms with Crippen LogP contribution in [0.4, 0.5) is 0 Å². The van der Waals surface area contributed by atoms with Crippen LogP contribution in [0.1, 0.15) is 44.0 Å². The fourth-order valence-electron chi connectivity index (χ4n) is 4.44. The molecule has 166 valence electrons. The van der Waals surface area contributed by atoms with Gasteiger partial charge in [0, 0.05) is 32.3 Å².